The number of para-hydroxylation sites is 1. The minimum Gasteiger partial charge on any atom is -0.322 e. The molecule has 6 nitrogen and oxygen atoms in total. The lowest BCUT2D eigenvalue weighted by molar-refractivity contribution is 0.102. The number of anilines is 3. The number of aromatic nitrogens is 3. The summed E-state index contributed by atoms with van der Waals surface area (Å²) in [7, 11) is 0. The molecule has 6 heteroatoms. The molecule has 0 bridgehead atoms. The van der Waals surface area contributed by atoms with Crippen molar-refractivity contribution in [2.75, 3.05) is 10.6 Å². The Kier molecular flexibility index (Phi) is 4.68. The molecule has 28 heavy (non-hydrogen) atoms. The Labute approximate surface area is 162 Å². The number of nitrogens with one attached hydrogen (secondary N) is 2. The molecule has 0 aliphatic rings. The number of benzene rings is 2. The molecule has 0 fully saturated rings. The molecule has 0 radical (unpaired) electrons. The average molecular weight is 369 g/mol. The van der Waals surface area contributed by atoms with Crippen LogP contribution in [0.3, 0.4) is 0 Å². The first-order valence-electron chi connectivity index (χ1n) is 8.91. The van der Waals surface area contributed by atoms with Gasteiger partial charge in [-0.25, -0.2) is 9.97 Å². The van der Waals surface area contributed by atoms with Gasteiger partial charge in [0.15, 0.2) is 0 Å². The number of pyridine rings is 1. The summed E-state index contributed by atoms with van der Waals surface area (Å²) >= 11 is 0. The third-order valence-electron chi connectivity index (χ3n) is 4.43. The van der Waals surface area contributed by atoms with Crippen molar-refractivity contribution < 1.29 is 4.79 Å². The van der Waals surface area contributed by atoms with Gasteiger partial charge in [-0.1, -0.05) is 30.3 Å². The van der Waals surface area contributed by atoms with Crippen LogP contribution in [0.5, 0.6) is 0 Å². The van der Waals surface area contributed by atoms with E-state index in [1.807, 2.05) is 62.4 Å². The van der Waals surface area contributed by atoms with Crippen molar-refractivity contribution in [1.29, 1.82) is 0 Å². The Morgan fingerprint density at radius 3 is 2.50 bits per heavy atom. The van der Waals surface area contributed by atoms with Crippen LogP contribution < -0.4 is 10.6 Å². The maximum absolute atomic E-state index is 12.5. The monoisotopic (exact) mass is 369 g/mol. The molecule has 0 saturated carbocycles. The summed E-state index contributed by atoms with van der Waals surface area (Å²) in [5.74, 6) is 0.161. The highest BCUT2D eigenvalue weighted by Crippen LogP contribution is 2.23. The van der Waals surface area contributed by atoms with Crippen molar-refractivity contribution in [3.63, 3.8) is 0 Å². The van der Waals surface area contributed by atoms with Crippen molar-refractivity contribution in [2.24, 2.45) is 0 Å². The van der Waals surface area contributed by atoms with Gasteiger partial charge in [0.1, 0.15) is 0 Å². The molecule has 0 spiro atoms. The summed E-state index contributed by atoms with van der Waals surface area (Å²) in [6, 6.07) is 15.7. The third kappa shape index (κ3) is 3.66. The van der Waals surface area contributed by atoms with Gasteiger partial charge < -0.3 is 10.6 Å². The Hall–Kier alpha value is -3.80. The molecule has 1 amide bonds. The van der Waals surface area contributed by atoms with Gasteiger partial charge in [-0.3, -0.25) is 9.78 Å². The number of amides is 1. The molecule has 138 valence electrons. The van der Waals surface area contributed by atoms with E-state index in [0.29, 0.717) is 11.5 Å². The Morgan fingerprint density at radius 2 is 1.68 bits per heavy atom. The lowest BCUT2D eigenvalue weighted by Crippen LogP contribution is -2.14. The van der Waals surface area contributed by atoms with Gasteiger partial charge in [-0.05, 0) is 43.2 Å². The molecule has 4 rings (SSSR count). The molecule has 2 aromatic carbocycles. The highest BCUT2D eigenvalue weighted by atomic mass is 16.1. The lowest BCUT2D eigenvalue weighted by Gasteiger charge is -2.10. The predicted molar refractivity (Wildman–Crippen MR) is 111 cm³/mol. The topological polar surface area (TPSA) is 79.8 Å². The minimum absolute atomic E-state index is 0.243. The summed E-state index contributed by atoms with van der Waals surface area (Å²) in [4.78, 5) is 25.4. The van der Waals surface area contributed by atoms with Crippen LogP contribution in [-0.2, 0) is 0 Å². The number of fused-ring (bicyclic) bond motifs is 1. The molecule has 0 atom stereocenters. The van der Waals surface area contributed by atoms with E-state index in [-0.39, 0.29) is 5.91 Å². The minimum atomic E-state index is -0.243. The van der Waals surface area contributed by atoms with E-state index >= 15 is 0 Å². The Bertz CT molecular complexity index is 1150. The summed E-state index contributed by atoms with van der Waals surface area (Å²) in [5, 5.41) is 7.10. The van der Waals surface area contributed by atoms with Crippen LogP contribution in [0.15, 0.2) is 67.1 Å². The van der Waals surface area contributed by atoms with Gasteiger partial charge >= 0.3 is 0 Å². The van der Waals surface area contributed by atoms with Crippen molar-refractivity contribution >= 4 is 34.1 Å². The highest BCUT2D eigenvalue weighted by molar-refractivity contribution is 6.04. The molecule has 2 aromatic heterocycles. The van der Waals surface area contributed by atoms with E-state index in [0.717, 1.165) is 33.4 Å². The molecule has 0 aliphatic heterocycles. The maximum Gasteiger partial charge on any atom is 0.258 e. The second-order valence-electron chi connectivity index (χ2n) is 6.57. The van der Waals surface area contributed by atoms with Crippen LogP contribution in [0.25, 0.3) is 10.9 Å². The molecular formula is C22H19N5O. The van der Waals surface area contributed by atoms with Gasteiger partial charge in [0.2, 0.25) is 5.95 Å². The van der Waals surface area contributed by atoms with Gasteiger partial charge in [0.25, 0.3) is 5.91 Å². The highest BCUT2D eigenvalue weighted by Gasteiger charge is 2.10. The van der Waals surface area contributed by atoms with Crippen LogP contribution in [0, 0.1) is 13.8 Å². The van der Waals surface area contributed by atoms with Gasteiger partial charge in [0, 0.05) is 29.7 Å². The number of hydrogen-bond donors (Lipinski definition) is 2. The summed E-state index contributed by atoms with van der Waals surface area (Å²) < 4.78 is 0. The molecule has 2 heterocycles. The number of hydrogen-bond acceptors (Lipinski definition) is 5. The smallest absolute Gasteiger partial charge is 0.258 e. The number of carbonyl (C=O) groups excluding carboxylic acids is 1. The number of carbonyl (C=O) groups is 1. The summed E-state index contributed by atoms with van der Waals surface area (Å²) in [6.45, 7) is 3.94. The first-order chi connectivity index (χ1) is 13.6. The predicted octanol–water partition coefficient (Wildman–Crippen LogP) is 4.64. The quantitative estimate of drug-likeness (QED) is 0.548. The van der Waals surface area contributed by atoms with Gasteiger partial charge in [0.05, 0.1) is 16.8 Å². The third-order valence-corrected chi connectivity index (χ3v) is 4.43. The van der Waals surface area contributed by atoms with Crippen molar-refractivity contribution in [2.45, 2.75) is 13.8 Å². The Balaban J connectivity index is 1.52. The first kappa shape index (κ1) is 17.6. The standard InChI is InChI=1S/C22H19N5O/c1-14-8-9-15(2)19(11-14)26-21(28)17-12-24-22(25-13-17)27-18-7-3-5-16-6-4-10-23-20(16)18/h3-13H,1-2H3,(H,26,28)(H,24,25,27). The molecule has 0 aliphatic carbocycles. The van der Waals surface area contributed by atoms with Crippen molar-refractivity contribution in [3.05, 3.63) is 83.8 Å². The van der Waals surface area contributed by atoms with Crippen LogP contribution in [0.1, 0.15) is 21.5 Å². The maximum atomic E-state index is 12.5. The van der Waals surface area contributed by atoms with E-state index in [1.165, 1.54) is 12.4 Å². The number of nitrogens with zero attached hydrogens (tertiary/aromatic N) is 3. The summed E-state index contributed by atoms with van der Waals surface area (Å²) in [5.41, 5.74) is 4.91. The zero-order chi connectivity index (χ0) is 19.5. The van der Waals surface area contributed by atoms with E-state index in [1.54, 1.807) is 6.20 Å². The first-order valence-corrected chi connectivity index (χ1v) is 8.91. The Morgan fingerprint density at radius 1 is 0.893 bits per heavy atom. The van der Waals surface area contributed by atoms with Crippen LogP contribution in [0.2, 0.25) is 0 Å². The van der Waals surface area contributed by atoms with Crippen LogP contribution >= 0.6 is 0 Å². The molecule has 0 saturated heterocycles. The van der Waals surface area contributed by atoms with Crippen LogP contribution in [-0.4, -0.2) is 20.9 Å². The second kappa shape index (κ2) is 7.44. The molecule has 0 unspecified atom stereocenters. The molecule has 2 N–H and O–H groups in total. The zero-order valence-electron chi connectivity index (χ0n) is 15.6. The second-order valence-corrected chi connectivity index (χ2v) is 6.57. The van der Waals surface area contributed by atoms with E-state index < -0.39 is 0 Å². The fraction of sp³-hybridized carbons (Fsp3) is 0.0909. The normalized spacial score (nSPS) is 10.6. The van der Waals surface area contributed by atoms with E-state index in [4.69, 9.17) is 0 Å². The lowest BCUT2D eigenvalue weighted by atomic mass is 10.1. The summed E-state index contributed by atoms with van der Waals surface area (Å²) in [6.07, 6.45) is 4.76. The SMILES string of the molecule is Cc1ccc(C)c(NC(=O)c2cnc(Nc3cccc4cccnc34)nc2)c1. The van der Waals surface area contributed by atoms with E-state index in [2.05, 4.69) is 25.6 Å². The average Bonchev–Trinajstić information content (AvgIpc) is 2.71. The van der Waals surface area contributed by atoms with Crippen LogP contribution in [0.4, 0.5) is 17.3 Å². The van der Waals surface area contributed by atoms with Gasteiger partial charge in [-0.15, -0.1) is 0 Å². The zero-order valence-corrected chi connectivity index (χ0v) is 15.6. The van der Waals surface area contributed by atoms with Crippen molar-refractivity contribution in [1.82, 2.24) is 15.0 Å². The largest absolute Gasteiger partial charge is 0.322 e. The molecular weight excluding hydrogens is 350 g/mol. The number of rotatable bonds is 4. The van der Waals surface area contributed by atoms with Crippen molar-refractivity contribution in [3.8, 4) is 0 Å². The number of aryl methyl sites for hydroxylation is 2. The van der Waals surface area contributed by atoms with E-state index in [9.17, 15) is 4.79 Å². The molecule has 4 aromatic rings. The fourth-order valence-electron chi connectivity index (χ4n) is 2.90. The van der Waals surface area contributed by atoms with Gasteiger partial charge in [-0.2, -0.15) is 0 Å². The fourth-order valence-corrected chi connectivity index (χ4v) is 2.90.